The lowest BCUT2D eigenvalue weighted by atomic mass is 10.1. The predicted molar refractivity (Wildman–Crippen MR) is 99.6 cm³/mol. The molecular weight excluding hydrogens is 314 g/mol. The van der Waals surface area contributed by atoms with Gasteiger partial charge in [-0.05, 0) is 50.2 Å². The number of benzene rings is 1. The molecule has 0 saturated heterocycles. The molecule has 0 spiro atoms. The van der Waals surface area contributed by atoms with Crippen LogP contribution in [0.2, 0.25) is 0 Å². The minimum Gasteiger partial charge on any atom is -0.347 e. The summed E-state index contributed by atoms with van der Waals surface area (Å²) >= 11 is 0. The Morgan fingerprint density at radius 2 is 1.56 bits per heavy atom. The topological polar surface area (TPSA) is 63.1 Å². The van der Waals surface area contributed by atoms with Crippen LogP contribution in [0.25, 0.3) is 5.69 Å². The van der Waals surface area contributed by atoms with E-state index >= 15 is 0 Å². The van der Waals surface area contributed by atoms with Crippen LogP contribution in [-0.4, -0.2) is 34.5 Å². The van der Waals surface area contributed by atoms with Gasteiger partial charge in [-0.15, -0.1) is 0 Å². The van der Waals surface area contributed by atoms with Crippen LogP contribution in [0.1, 0.15) is 21.7 Å². The van der Waals surface area contributed by atoms with Crippen molar-refractivity contribution in [2.45, 2.75) is 13.8 Å². The number of anilines is 2. The monoisotopic (exact) mass is 335 g/mol. The highest BCUT2D eigenvalue weighted by atomic mass is 16.1. The Balaban J connectivity index is 1.81. The van der Waals surface area contributed by atoms with Crippen LogP contribution >= 0.6 is 0 Å². The van der Waals surface area contributed by atoms with Gasteiger partial charge in [-0.25, -0.2) is 9.97 Å². The summed E-state index contributed by atoms with van der Waals surface area (Å²) in [4.78, 5) is 23.2. The molecule has 6 nitrogen and oxygen atoms in total. The zero-order valence-electron chi connectivity index (χ0n) is 14.8. The Hall–Kier alpha value is -3.15. The first-order chi connectivity index (χ1) is 12.0. The molecule has 1 N–H and O–H groups in total. The van der Waals surface area contributed by atoms with Crippen molar-refractivity contribution in [1.29, 1.82) is 0 Å². The molecule has 25 heavy (non-hydrogen) atoms. The third-order valence-corrected chi connectivity index (χ3v) is 3.93. The van der Waals surface area contributed by atoms with Crippen molar-refractivity contribution >= 4 is 17.5 Å². The zero-order valence-corrected chi connectivity index (χ0v) is 14.8. The summed E-state index contributed by atoms with van der Waals surface area (Å²) in [5.41, 5.74) is 3.74. The van der Waals surface area contributed by atoms with Gasteiger partial charge in [0.05, 0.1) is 17.1 Å². The zero-order chi connectivity index (χ0) is 18.0. The minimum absolute atomic E-state index is 0.175. The standard InChI is InChI=1S/C19H21N5O/c1-13-17(14(2)21-19(20-13)23(3)4)22-18(25)15-7-9-16(10-8-15)24-11-5-6-12-24/h5-12H,1-4H3,(H,22,25). The van der Waals surface area contributed by atoms with E-state index in [1.165, 1.54) is 0 Å². The molecule has 0 aliphatic rings. The normalized spacial score (nSPS) is 10.6. The predicted octanol–water partition coefficient (Wildman–Crippen LogP) is 3.20. The van der Waals surface area contributed by atoms with Gasteiger partial charge in [0.2, 0.25) is 5.95 Å². The van der Waals surface area contributed by atoms with Crippen molar-refractivity contribution in [1.82, 2.24) is 14.5 Å². The van der Waals surface area contributed by atoms with E-state index in [2.05, 4.69) is 15.3 Å². The highest BCUT2D eigenvalue weighted by Gasteiger charge is 2.14. The highest BCUT2D eigenvalue weighted by molar-refractivity contribution is 6.04. The van der Waals surface area contributed by atoms with E-state index in [0.29, 0.717) is 17.2 Å². The molecule has 0 unspecified atom stereocenters. The number of carbonyl (C=O) groups excluding carboxylic acids is 1. The summed E-state index contributed by atoms with van der Waals surface area (Å²) in [7, 11) is 3.78. The fourth-order valence-corrected chi connectivity index (χ4v) is 2.56. The summed E-state index contributed by atoms with van der Waals surface area (Å²) in [5, 5.41) is 2.93. The Morgan fingerprint density at radius 3 is 2.08 bits per heavy atom. The number of rotatable bonds is 4. The number of aryl methyl sites for hydroxylation is 2. The fraction of sp³-hybridized carbons (Fsp3) is 0.211. The lowest BCUT2D eigenvalue weighted by molar-refractivity contribution is 0.102. The van der Waals surface area contributed by atoms with Crippen LogP contribution < -0.4 is 10.2 Å². The highest BCUT2D eigenvalue weighted by Crippen LogP contribution is 2.20. The Kier molecular flexibility index (Phi) is 4.52. The number of hydrogen-bond acceptors (Lipinski definition) is 4. The molecule has 0 aliphatic heterocycles. The molecule has 1 amide bonds. The molecule has 0 fully saturated rings. The van der Waals surface area contributed by atoms with Crippen molar-refractivity contribution in [3.8, 4) is 5.69 Å². The number of carbonyl (C=O) groups is 1. The van der Waals surface area contributed by atoms with Gasteiger partial charge in [0.15, 0.2) is 0 Å². The summed E-state index contributed by atoms with van der Waals surface area (Å²) in [6, 6.07) is 11.4. The van der Waals surface area contributed by atoms with Gasteiger partial charge in [-0.3, -0.25) is 4.79 Å². The van der Waals surface area contributed by atoms with Crippen molar-refractivity contribution in [2.75, 3.05) is 24.3 Å². The summed E-state index contributed by atoms with van der Waals surface area (Å²) in [6.45, 7) is 3.73. The molecule has 0 saturated carbocycles. The van der Waals surface area contributed by atoms with Crippen LogP contribution in [0, 0.1) is 13.8 Å². The second kappa shape index (κ2) is 6.76. The van der Waals surface area contributed by atoms with Gasteiger partial charge in [-0.2, -0.15) is 0 Å². The van der Waals surface area contributed by atoms with Crippen LogP contribution in [0.15, 0.2) is 48.8 Å². The van der Waals surface area contributed by atoms with Crippen molar-refractivity contribution in [3.63, 3.8) is 0 Å². The van der Waals surface area contributed by atoms with Gasteiger partial charge in [0.25, 0.3) is 5.91 Å². The lowest BCUT2D eigenvalue weighted by Gasteiger charge is -2.15. The Morgan fingerprint density at radius 1 is 1.00 bits per heavy atom. The molecular formula is C19H21N5O. The van der Waals surface area contributed by atoms with E-state index in [1.807, 2.05) is 86.2 Å². The molecule has 2 heterocycles. The summed E-state index contributed by atoms with van der Waals surface area (Å²) in [6.07, 6.45) is 3.93. The molecule has 128 valence electrons. The van der Waals surface area contributed by atoms with Crippen molar-refractivity contribution in [3.05, 3.63) is 65.7 Å². The molecule has 1 aromatic carbocycles. The second-order valence-electron chi connectivity index (χ2n) is 6.06. The SMILES string of the molecule is Cc1nc(N(C)C)nc(C)c1NC(=O)c1ccc(-n2cccc2)cc1. The maximum absolute atomic E-state index is 12.6. The van der Waals surface area contributed by atoms with E-state index in [4.69, 9.17) is 0 Å². The van der Waals surface area contributed by atoms with Crippen LogP contribution in [-0.2, 0) is 0 Å². The first kappa shape index (κ1) is 16.7. The molecule has 6 heteroatoms. The maximum Gasteiger partial charge on any atom is 0.255 e. The van der Waals surface area contributed by atoms with E-state index in [9.17, 15) is 4.79 Å². The minimum atomic E-state index is -0.175. The number of hydrogen-bond donors (Lipinski definition) is 1. The summed E-state index contributed by atoms with van der Waals surface area (Å²) < 4.78 is 1.99. The number of aromatic nitrogens is 3. The number of nitrogens with zero attached hydrogens (tertiary/aromatic N) is 4. The van der Waals surface area contributed by atoms with Gasteiger partial charge >= 0.3 is 0 Å². The lowest BCUT2D eigenvalue weighted by Crippen LogP contribution is -2.18. The quantitative estimate of drug-likeness (QED) is 0.795. The van der Waals surface area contributed by atoms with E-state index in [-0.39, 0.29) is 5.91 Å². The molecule has 3 aromatic rings. The largest absolute Gasteiger partial charge is 0.347 e. The third kappa shape index (κ3) is 3.52. The van der Waals surface area contributed by atoms with Gasteiger partial charge in [-0.1, -0.05) is 0 Å². The Labute approximate surface area is 147 Å². The summed E-state index contributed by atoms with van der Waals surface area (Å²) in [5.74, 6) is 0.454. The fourth-order valence-electron chi connectivity index (χ4n) is 2.56. The molecule has 2 aromatic heterocycles. The smallest absolute Gasteiger partial charge is 0.255 e. The maximum atomic E-state index is 12.6. The second-order valence-corrected chi connectivity index (χ2v) is 6.06. The van der Waals surface area contributed by atoms with E-state index in [1.54, 1.807) is 0 Å². The van der Waals surface area contributed by atoms with E-state index in [0.717, 1.165) is 17.1 Å². The molecule has 0 bridgehead atoms. The van der Waals surface area contributed by atoms with Gasteiger partial charge < -0.3 is 14.8 Å². The van der Waals surface area contributed by atoms with E-state index < -0.39 is 0 Å². The number of nitrogens with one attached hydrogen (secondary N) is 1. The first-order valence-corrected chi connectivity index (χ1v) is 8.03. The molecule has 0 aliphatic carbocycles. The molecule has 0 atom stereocenters. The average Bonchev–Trinajstić information content (AvgIpc) is 3.12. The molecule has 0 radical (unpaired) electrons. The van der Waals surface area contributed by atoms with Crippen LogP contribution in [0.3, 0.4) is 0 Å². The van der Waals surface area contributed by atoms with Crippen molar-refractivity contribution < 1.29 is 4.79 Å². The average molecular weight is 335 g/mol. The first-order valence-electron chi connectivity index (χ1n) is 8.03. The van der Waals surface area contributed by atoms with Gasteiger partial charge in [0.1, 0.15) is 0 Å². The third-order valence-electron chi connectivity index (χ3n) is 3.93. The Bertz CT molecular complexity index is 860. The van der Waals surface area contributed by atoms with Crippen molar-refractivity contribution in [2.24, 2.45) is 0 Å². The van der Waals surface area contributed by atoms with Gasteiger partial charge in [0, 0.05) is 37.7 Å². The van der Waals surface area contributed by atoms with Crippen LogP contribution in [0.4, 0.5) is 11.6 Å². The van der Waals surface area contributed by atoms with Crippen LogP contribution in [0.5, 0.6) is 0 Å². The molecule has 3 rings (SSSR count). The number of amides is 1.